The Bertz CT molecular complexity index is 219. The summed E-state index contributed by atoms with van der Waals surface area (Å²) in [6.45, 7) is 3.30. The van der Waals surface area contributed by atoms with Crippen molar-refractivity contribution in [2.45, 2.75) is 0 Å². The molecule has 0 radical (unpaired) electrons. The minimum absolute atomic E-state index is 0.565. The van der Waals surface area contributed by atoms with Crippen molar-refractivity contribution in [3.05, 3.63) is 18.3 Å². The van der Waals surface area contributed by atoms with Crippen molar-refractivity contribution < 1.29 is 0 Å². The number of hydrogen-bond acceptors (Lipinski definition) is 3. The molecule has 0 bridgehead atoms. The molecule has 0 spiro atoms. The molecule has 0 amide bonds. The van der Waals surface area contributed by atoms with E-state index in [-0.39, 0.29) is 0 Å². The van der Waals surface area contributed by atoms with Gasteiger partial charge in [-0.25, -0.2) is 9.98 Å². The van der Waals surface area contributed by atoms with Gasteiger partial charge in [-0.3, -0.25) is 0 Å². The molecule has 0 aliphatic carbocycles. The quantitative estimate of drug-likeness (QED) is 0.563. The zero-order valence-corrected chi connectivity index (χ0v) is 4.91. The Balaban J connectivity index is 3.07. The normalized spacial score (nSPS) is 8.89. The van der Waals surface area contributed by atoms with Crippen LogP contribution in [0.15, 0.2) is 23.3 Å². The highest BCUT2D eigenvalue weighted by molar-refractivity contribution is 5.48. The molecule has 46 valence electrons. The maximum Gasteiger partial charge on any atom is 0.153 e. The summed E-state index contributed by atoms with van der Waals surface area (Å²) in [5.41, 5.74) is 6.07. The molecule has 1 aromatic rings. The second kappa shape index (κ2) is 2.26. The van der Waals surface area contributed by atoms with E-state index in [2.05, 4.69) is 16.7 Å². The number of aromatic nitrogens is 1. The lowest BCUT2D eigenvalue weighted by Gasteiger charge is -1.91. The lowest BCUT2D eigenvalue weighted by molar-refractivity contribution is 1.29. The van der Waals surface area contributed by atoms with Gasteiger partial charge in [0.25, 0.3) is 0 Å². The van der Waals surface area contributed by atoms with Crippen LogP contribution in [0.25, 0.3) is 0 Å². The summed E-state index contributed by atoms with van der Waals surface area (Å²) < 4.78 is 0. The average molecular weight is 121 g/mol. The van der Waals surface area contributed by atoms with Crippen molar-refractivity contribution in [2.24, 2.45) is 4.99 Å². The maximum absolute atomic E-state index is 5.41. The molecular weight excluding hydrogens is 114 g/mol. The fourth-order valence-electron chi connectivity index (χ4n) is 0.521. The molecule has 0 saturated heterocycles. The molecule has 0 aliphatic heterocycles. The van der Waals surface area contributed by atoms with E-state index >= 15 is 0 Å². The molecule has 9 heavy (non-hydrogen) atoms. The molecule has 0 aromatic carbocycles. The first-order valence-corrected chi connectivity index (χ1v) is 2.51. The zero-order valence-electron chi connectivity index (χ0n) is 4.91. The summed E-state index contributed by atoms with van der Waals surface area (Å²) in [7, 11) is 0. The van der Waals surface area contributed by atoms with Crippen molar-refractivity contribution in [1.82, 2.24) is 4.98 Å². The molecule has 2 N–H and O–H groups in total. The third kappa shape index (κ3) is 1.25. The number of nitrogens with zero attached hydrogens (tertiary/aromatic N) is 2. The first-order valence-electron chi connectivity index (χ1n) is 2.51. The molecular formula is C6H7N3. The van der Waals surface area contributed by atoms with E-state index in [9.17, 15) is 0 Å². The largest absolute Gasteiger partial charge is 0.399 e. The standard InChI is InChI=1S/C6H7N3/c1-8-6-4-5(7)2-3-9-6/h2-4H,1H2,(H2,7,9). The number of anilines is 1. The predicted octanol–water partition coefficient (Wildman–Crippen LogP) is 0.996. The summed E-state index contributed by atoms with van der Waals surface area (Å²) in [4.78, 5) is 7.44. The third-order valence-electron chi connectivity index (χ3n) is 0.932. The van der Waals surface area contributed by atoms with Gasteiger partial charge < -0.3 is 5.73 Å². The van der Waals surface area contributed by atoms with Crippen molar-refractivity contribution in [1.29, 1.82) is 0 Å². The monoisotopic (exact) mass is 121 g/mol. The Labute approximate surface area is 53.3 Å². The number of nitrogens with two attached hydrogens (primary N) is 1. The van der Waals surface area contributed by atoms with Crippen molar-refractivity contribution >= 4 is 18.2 Å². The van der Waals surface area contributed by atoms with Gasteiger partial charge in [0, 0.05) is 18.0 Å². The first-order chi connectivity index (χ1) is 4.33. The molecule has 1 rings (SSSR count). The van der Waals surface area contributed by atoms with Crippen LogP contribution in [0.2, 0.25) is 0 Å². The average Bonchev–Trinajstić information content (AvgIpc) is 1.88. The fraction of sp³-hybridized carbons (Fsp3) is 0. The first kappa shape index (κ1) is 5.75. The van der Waals surface area contributed by atoms with Crippen molar-refractivity contribution in [3.63, 3.8) is 0 Å². The SMILES string of the molecule is C=Nc1cc(N)ccn1. The summed E-state index contributed by atoms with van der Waals surface area (Å²) in [6, 6.07) is 3.36. The molecule has 1 aromatic heterocycles. The fourth-order valence-corrected chi connectivity index (χ4v) is 0.521. The van der Waals surface area contributed by atoms with Crippen LogP contribution in [0.3, 0.4) is 0 Å². The van der Waals surface area contributed by atoms with Crippen LogP contribution < -0.4 is 5.73 Å². The zero-order chi connectivity index (χ0) is 6.69. The van der Waals surface area contributed by atoms with Crippen molar-refractivity contribution in [3.8, 4) is 0 Å². The molecule has 0 atom stereocenters. The van der Waals surface area contributed by atoms with Crippen LogP contribution >= 0.6 is 0 Å². The Hall–Kier alpha value is -1.38. The van der Waals surface area contributed by atoms with E-state index in [1.165, 1.54) is 0 Å². The summed E-state index contributed by atoms with van der Waals surface area (Å²) >= 11 is 0. The molecule has 0 saturated carbocycles. The molecule has 0 unspecified atom stereocenters. The van der Waals surface area contributed by atoms with Gasteiger partial charge in [0.1, 0.15) is 0 Å². The van der Waals surface area contributed by atoms with E-state index in [1.807, 2.05) is 0 Å². The van der Waals surface area contributed by atoms with Gasteiger partial charge >= 0.3 is 0 Å². The minimum Gasteiger partial charge on any atom is -0.399 e. The number of nitrogen functional groups attached to an aromatic ring is 1. The van der Waals surface area contributed by atoms with E-state index in [0.29, 0.717) is 11.5 Å². The number of rotatable bonds is 1. The number of aliphatic imine (C=N–C) groups is 1. The number of hydrogen-bond donors (Lipinski definition) is 1. The maximum atomic E-state index is 5.41. The summed E-state index contributed by atoms with van der Waals surface area (Å²) in [6.07, 6.45) is 1.60. The topological polar surface area (TPSA) is 51.3 Å². The van der Waals surface area contributed by atoms with Crippen LogP contribution in [0.5, 0.6) is 0 Å². The lowest BCUT2D eigenvalue weighted by Crippen LogP contribution is -1.83. The smallest absolute Gasteiger partial charge is 0.153 e. The van der Waals surface area contributed by atoms with Gasteiger partial charge in [-0.05, 0) is 12.8 Å². The Morgan fingerprint density at radius 3 is 2.89 bits per heavy atom. The molecule has 1 heterocycles. The van der Waals surface area contributed by atoms with Crippen molar-refractivity contribution in [2.75, 3.05) is 5.73 Å². The van der Waals surface area contributed by atoms with Crippen LogP contribution in [0.1, 0.15) is 0 Å². The molecule has 0 fully saturated rings. The minimum atomic E-state index is 0.565. The third-order valence-corrected chi connectivity index (χ3v) is 0.932. The van der Waals surface area contributed by atoms with Crippen LogP contribution in [0.4, 0.5) is 11.5 Å². The second-order valence-electron chi connectivity index (χ2n) is 1.61. The van der Waals surface area contributed by atoms with E-state index in [0.717, 1.165) is 0 Å². The van der Waals surface area contributed by atoms with Gasteiger partial charge in [0.15, 0.2) is 5.82 Å². The molecule has 0 aliphatic rings. The van der Waals surface area contributed by atoms with E-state index < -0.39 is 0 Å². The second-order valence-corrected chi connectivity index (χ2v) is 1.61. The predicted molar refractivity (Wildman–Crippen MR) is 37.9 cm³/mol. The van der Waals surface area contributed by atoms with E-state index in [1.54, 1.807) is 18.3 Å². The Morgan fingerprint density at radius 2 is 2.44 bits per heavy atom. The van der Waals surface area contributed by atoms with Crippen LogP contribution in [0, 0.1) is 0 Å². The van der Waals surface area contributed by atoms with Crippen LogP contribution in [-0.2, 0) is 0 Å². The highest BCUT2D eigenvalue weighted by Crippen LogP contribution is 2.09. The van der Waals surface area contributed by atoms with Gasteiger partial charge in [-0.1, -0.05) is 0 Å². The van der Waals surface area contributed by atoms with Gasteiger partial charge in [-0.15, -0.1) is 0 Å². The van der Waals surface area contributed by atoms with Crippen LogP contribution in [-0.4, -0.2) is 11.7 Å². The highest BCUT2D eigenvalue weighted by Gasteiger charge is 1.86. The van der Waals surface area contributed by atoms with Gasteiger partial charge in [-0.2, -0.15) is 0 Å². The Kier molecular flexibility index (Phi) is 1.44. The molecule has 3 nitrogen and oxygen atoms in total. The lowest BCUT2D eigenvalue weighted by atomic mass is 10.4. The van der Waals surface area contributed by atoms with Gasteiger partial charge in [0.05, 0.1) is 0 Å². The van der Waals surface area contributed by atoms with Gasteiger partial charge in [0.2, 0.25) is 0 Å². The van der Waals surface area contributed by atoms with E-state index in [4.69, 9.17) is 5.73 Å². The Morgan fingerprint density at radius 1 is 1.67 bits per heavy atom. The summed E-state index contributed by atoms with van der Waals surface area (Å²) in [5, 5.41) is 0. The number of pyridine rings is 1. The highest BCUT2D eigenvalue weighted by atomic mass is 14.9. The summed E-state index contributed by atoms with van der Waals surface area (Å²) in [5.74, 6) is 0.565. The molecule has 3 heteroatoms.